The molecule has 0 spiro atoms. The molecule has 0 atom stereocenters. The first-order chi connectivity index (χ1) is 5.86. The average Bonchev–Trinajstić information content (AvgIpc) is 2.15. The molecule has 1 aliphatic heterocycles. The molecule has 1 heterocycles. The first kappa shape index (κ1) is 9.37. The summed E-state index contributed by atoms with van der Waals surface area (Å²) in [4.78, 5) is 0. The SMILES string of the molecule is CCCCC1=CC(CC)=CCN1. The van der Waals surface area contributed by atoms with Gasteiger partial charge in [0.05, 0.1) is 0 Å². The van der Waals surface area contributed by atoms with Gasteiger partial charge in [-0.3, -0.25) is 0 Å². The van der Waals surface area contributed by atoms with Gasteiger partial charge in [-0.25, -0.2) is 0 Å². The van der Waals surface area contributed by atoms with Crippen LogP contribution in [0.5, 0.6) is 0 Å². The van der Waals surface area contributed by atoms with Gasteiger partial charge in [0.1, 0.15) is 0 Å². The van der Waals surface area contributed by atoms with Crippen molar-refractivity contribution in [3.63, 3.8) is 0 Å². The number of dihydropyridines is 1. The predicted molar refractivity (Wildman–Crippen MR) is 54.0 cm³/mol. The van der Waals surface area contributed by atoms with E-state index < -0.39 is 0 Å². The molecule has 0 aromatic carbocycles. The van der Waals surface area contributed by atoms with Gasteiger partial charge in [0.15, 0.2) is 0 Å². The van der Waals surface area contributed by atoms with Gasteiger partial charge >= 0.3 is 0 Å². The second-order valence-electron chi connectivity index (χ2n) is 3.29. The van der Waals surface area contributed by atoms with Gasteiger partial charge in [0, 0.05) is 12.2 Å². The van der Waals surface area contributed by atoms with E-state index in [4.69, 9.17) is 0 Å². The lowest BCUT2D eigenvalue weighted by molar-refractivity contribution is 0.718. The minimum Gasteiger partial charge on any atom is -0.385 e. The van der Waals surface area contributed by atoms with Crippen LogP contribution in [0.4, 0.5) is 0 Å². The number of rotatable bonds is 4. The molecule has 1 nitrogen and oxygen atoms in total. The largest absolute Gasteiger partial charge is 0.385 e. The van der Waals surface area contributed by atoms with Crippen LogP contribution in [0.2, 0.25) is 0 Å². The highest BCUT2D eigenvalue weighted by atomic mass is 14.9. The highest BCUT2D eigenvalue weighted by Crippen LogP contribution is 2.13. The Labute approximate surface area is 75.6 Å². The molecule has 0 amide bonds. The molecule has 1 heteroatoms. The summed E-state index contributed by atoms with van der Waals surface area (Å²) in [6.07, 6.45) is 9.54. The van der Waals surface area contributed by atoms with Gasteiger partial charge in [-0.15, -0.1) is 0 Å². The number of hydrogen-bond donors (Lipinski definition) is 1. The van der Waals surface area contributed by atoms with Crippen molar-refractivity contribution in [3.05, 3.63) is 23.4 Å². The lowest BCUT2D eigenvalue weighted by Gasteiger charge is -2.15. The standard InChI is InChI=1S/C11H19N/c1-3-5-6-11-9-10(4-2)7-8-12-11/h7,9,12H,3-6,8H2,1-2H3. The fraction of sp³-hybridized carbons (Fsp3) is 0.636. The van der Waals surface area contributed by atoms with Crippen molar-refractivity contribution in [2.45, 2.75) is 39.5 Å². The van der Waals surface area contributed by atoms with Gasteiger partial charge in [0.2, 0.25) is 0 Å². The normalized spacial score (nSPS) is 16.5. The third-order valence-electron chi connectivity index (χ3n) is 2.26. The Morgan fingerprint density at radius 2 is 2.25 bits per heavy atom. The molecular formula is C11H19N. The number of unbranched alkanes of at least 4 members (excludes halogenated alkanes) is 1. The second kappa shape index (κ2) is 5.02. The summed E-state index contributed by atoms with van der Waals surface area (Å²) in [7, 11) is 0. The molecule has 1 rings (SSSR count). The zero-order valence-electron chi connectivity index (χ0n) is 8.19. The second-order valence-corrected chi connectivity index (χ2v) is 3.29. The molecular weight excluding hydrogens is 146 g/mol. The van der Waals surface area contributed by atoms with E-state index in [1.807, 2.05) is 0 Å². The molecule has 0 aromatic heterocycles. The van der Waals surface area contributed by atoms with Crippen LogP contribution in [-0.4, -0.2) is 6.54 Å². The van der Waals surface area contributed by atoms with E-state index in [1.165, 1.54) is 30.5 Å². The maximum atomic E-state index is 3.40. The summed E-state index contributed by atoms with van der Waals surface area (Å²) < 4.78 is 0. The maximum Gasteiger partial charge on any atom is 0.0333 e. The molecule has 68 valence electrons. The Morgan fingerprint density at radius 3 is 2.92 bits per heavy atom. The van der Waals surface area contributed by atoms with Crippen LogP contribution >= 0.6 is 0 Å². The molecule has 0 saturated carbocycles. The lowest BCUT2D eigenvalue weighted by Crippen LogP contribution is -2.17. The summed E-state index contributed by atoms with van der Waals surface area (Å²) in [5.74, 6) is 0. The van der Waals surface area contributed by atoms with Crippen LogP contribution in [0.1, 0.15) is 39.5 Å². The summed E-state index contributed by atoms with van der Waals surface area (Å²) in [5.41, 5.74) is 2.91. The van der Waals surface area contributed by atoms with E-state index in [0.717, 1.165) is 13.0 Å². The molecule has 12 heavy (non-hydrogen) atoms. The van der Waals surface area contributed by atoms with Crippen molar-refractivity contribution in [3.8, 4) is 0 Å². The summed E-state index contributed by atoms with van der Waals surface area (Å²) >= 11 is 0. The van der Waals surface area contributed by atoms with Crippen molar-refractivity contribution in [2.75, 3.05) is 6.54 Å². The lowest BCUT2D eigenvalue weighted by atomic mass is 10.1. The summed E-state index contributed by atoms with van der Waals surface area (Å²) in [6, 6.07) is 0. The first-order valence-corrected chi connectivity index (χ1v) is 5.00. The molecule has 0 aliphatic carbocycles. The number of allylic oxidation sites excluding steroid dienone is 3. The fourth-order valence-corrected chi connectivity index (χ4v) is 1.42. The zero-order chi connectivity index (χ0) is 8.81. The molecule has 0 aromatic rings. The van der Waals surface area contributed by atoms with Crippen molar-refractivity contribution in [1.82, 2.24) is 5.32 Å². The predicted octanol–water partition coefficient (Wildman–Crippen LogP) is 3.00. The molecule has 0 fully saturated rings. The molecule has 1 aliphatic rings. The van der Waals surface area contributed by atoms with Crippen molar-refractivity contribution < 1.29 is 0 Å². The third-order valence-corrected chi connectivity index (χ3v) is 2.26. The van der Waals surface area contributed by atoms with E-state index in [0.29, 0.717) is 0 Å². The van der Waals surface area contributed by atoms with Crippen molar-refractivity contribution in [1.29, 1.82) is 0 Å². The smallest absolute Gasteiger partial charge is 0.0333 e. The number of nitrogens with one attached hydrogen (secondary N) is 1. The monoisotopic (exact) mass is 165 g/mol. The van der Waals surface area contributed by atoms with E-state index in [1.54, 1.807) is 0 Å². The molecule has 0 saturated heterocycles. The Balaban J connectivity index is 2.43. The van der Waals surface area contributed by atoms with E-state index in [2.05, 4.69) is 31.3 Å². The van der Waals surface area contributed by atoms with Crippen molar-refractivity contribution >= 4 is 0 Å². The van der Waals surface area contributed by atoms with E-state index >= 15 is 0 Å². The van der Waals surface area contributed by atoms with E-state index in [-0.39, 0.29) is 0 Å². The van der Waals surface area contributed by atoms with Gasteiger partial charge in [0.25, 0.3) is 0 Å². The van der Waals surface area contributed by atoms with Crippen LogP contribution in [-0.2, 0) is 0 Å². The topological polar surface area (TPSA) is 12.0 Å². The Morgan fingerprint density at radius 1 is 1.42 bits per heavy atom. The highest BCUT2D eigenvalue weighted by molar-refractivity contribution is 5.26. The Kier molecular flexibility index (Phi) is 3.92. The first-order valence-electron chi connectivity index (χ1n) is 5.00. The van der Waals surface area contributed by atoms with Crippen LogP contribution in [0.25, 0.3) is 0 Å². The molecule has 0 unspecified atom stereocenters. The van der Waals surface area contributed by atoms with Crippen molar-refractivity contribution in [2.24, 2.45) is 0 Å². The molecule has 0 radical (unpaired) electrons. The van der Waals surface area contributed by atoms with Crippen LogP contribution < -0.4 is 5.32 Å². The Bertz CT molecular complexity index is 189. The highest BCUT2D eigenvalue weighted by Gasteiger charge is 2.01. The minimum atomic E-state index is 1.03. The Hall–Kier alpha value is -0.720. The average molecular weight is 165 g/mol. The maximum absolute atomic E-state index is 3.40. The van der Waals surface area contributed by atoms with E-state index in [9.17, 15) is 0 Å². The zero-order valence-corrected chi connectivity index (χ0v) is 8.19. The summed E-state index contributed by atoms with van der Waals surface area (Å²) in [5, 5.41) is 3.40. The molecule has 1 N–H and O–H groups in total. The number of hydrogen-bond acceptors (Lipinski definition) is 1. The quantitative estimate of drug-likeness (QED) is 0.675. The van der Waals surface area contributed by atoms with Crippen LogP contribution in [0.3, 0.4) is 0 Å². The third kappa shape index (κ3) is 2.72. The fourth-order valence-electron chi connectivity index (χ4n) is 1.42. The van der Waals surface area contributed by atoms with Gasteiger partial charge < -0.3 is 5.32 Å². The van der Waals surface area contributed by atoms with Gasteiger partial charge in [-0.2, -0.15) is 0 Å². The van der Waals surface area contributed by atoms with Crippen LogP contribution in [0.15, 0.2) is 23.4 Å². The van der Waals surface area contributed by atoms with Gasteiger partial charge in [-0.1, -0.05) is 26.3 Å². The minimum absolute atomic E-state index is 1.03. The van der Waals surface area contributed by atoms with Crippen LogP contribution in [0, 0.1) is 0 Å². The summed E-state index contributed by atoms with van der Waals surface area (Å²) in [6.45, 7) is 5.48. The molecule has 0 bridgehead atoms. The van der Waals surface area contributed by atoms with Gasteiger partial charge in [-0.05, 0) is 30.9 Å².